The molecule has 3 rings (SSSR count). The molecule has 0 atom stereocenters. The Hall–Kier alpha value is -2.34. The van der Waals surface area contributed by atoms with Crippen molar-refractivity contribution in [2.75, 3.05) is 0 Å². The van der Waals surface area contributed by atoms with Crippen LogP contribution in [0.15, 0.2) is 35.1 Å². The Morgan fingerprint density at radius 1 is 1.05 bits per heavy atom. The van der Waals surface area contributed by atoms with E-state index in [9.17, 15) is 4.79 Å². The number of nitrogens with one attached hydrogen (secondary N) is 1. The first-order valence-corrected chi connectivity index (χ1v) is 6.53. The number of pyridine rings is 1. The van der Waals surface area contributed by atoms with Gasteiger partial charge >= 0.3 is 0 Å². The van der Waals surface area contributed by atoms with Crippen LogP contribution in [0, 0.1) is 11.3 Å². The predicted molar refractivity (Wildman–Crippen MR) is 73.9 cm³/mol. The summed E-state index contributed by atoms with van der Waals surface area (Å²) in [7, 11) is 0. The zero-order valence-electron chi connectivity index (χ0n) is 10.6. The summed E-state index contributed by atoms with van der Waals surface area (Å²) in [6.45, 7) is 0. The summed E-state index contributed by atoms with van der Waals surface area (Å²) in [6, 6.07) is 11.6. The van der Waals surface area contributed by atoms with E-state index in [0.717, 1.165) is 24.1 Å². The van der Waals surface area contributed by atoms with Gasteiger partial charge in [0.15, 0.2) is 0 Å². The highest BCUT2D eigenvalue weighted by Crippen LogP contribution is 2.26. The first-order valence-electron chi connectivity index (χ1n) is 6.53. The summed E-state index contributed by atoms with van der Waals surface area (Å²) >= 11 is 0. The molecule has 1 aliphatic carbocycles. The lowest BCUT2D eigenvalue weighted by atomic mass is 9.90. The zero-order valence-corrected chi connectivity index (χ0v) is 10.6. The third-order valence-corrected chi connectivity index (χ3v) is 3.69. The summed E-state index contributed by atoms with van der Waals surface area (Å²) in [6.07, 6.45) is 4.77. The lowest BCUT2D eigenvalue weighted by Crippen LogP contribution is -2.10. The summed E-state index contributed by atoms with van der Waals surface area (Å²) in [5.41, 5.74) is 4.43. The maximum atomic E-state index is 11.7. The van der Waals surface area contributed by atoms with Crippen LogP contribution in [0.5, 0.6) is 0 Å². The third-order valence-electron chi connectivity index (χ3n) is 3.69. The van der Waals surface area contributed by atoms with Gasteiger partial charge in [-0.25, -0.2) is 0 Å². The Morgan fingerprint density at radius 3 is 2.58 bits per heavy atom. The predicted octanol–water partition coefficient (Wildman–Crippen LogP) is 2.79. The summed E-state index contributed by atoms with van der Waals surface area (Å²) in [5.74, 6) is 0. The van der Waals surface area contributed by atoms with Crippen LogP contribution >= 0.6 is 0 Å². The van der Waals surface area contributed by atoms with E-state index in [1.165, 1.54) is 24.0 Å². The van der Waals surface area contributed by atoms with Gasteiger partial charge in [0.1, 0.15) is 11.6 Å². The minimum absolute atomic E-state index is 0.154. The van der Waals surface area contributed by atoms with Crippen LogP contribution in [0.3, 0.4) is 0 Å². The van der Waals surface area contributed by atoms with Crippen molar-refractivity contribution in [2.24, 2.45) is 0 Å². The van der Waals surface area contributed by atoms with Crippen LogP contribution in [0.1, 0.15) is 29.5 Å². The molecule has 0 saturated carbocycles. The smallest absolute Gasteiger partial charge is 0.266 e. The first kappa shape index (κ1) is 11.7. The third kappa shape index (κ3) is 2.17. The van der Waals surface area contributed by atoms with Crippen molar-refractivity contribution in [3.8, 4) is 17.3 Å². The van der Waals surface area contributed by atoms with Crippen molar-refractivity contribution in [3.05, 3.63) is 57.4 Å². The van der Waals surface area contributed by atoms with Gasteiger partial charge in [0, 0.05) is 5.69 Å². The molecule has 3 nitrogen and oxygen atoms in total. The molecular weight excluding hydrogens is 236 g/mol. The highest BCUT2D eigenvalue weighted by atomic mass is 16.1. The fraction of sp³-hybridized carbons (Fsp3) is 0.250. The molecule has 3 heteroatoms. The minimum Gasteiger partial charge on any atom is -0.321 e. The van der Waals surface area contributed by atoms with Crippen molar-refractivity contribution in [1.29, 1.82) is 5.26 Å². The molecule has 19 heavy (non-hydrogen) atoms. The van der Waals surface area contributed by atoms with Gasteiger partial charge in [-0.3, -0.25) is 4.79 Å². The van der Waals surface area contributed by atoms with Crippen LogP contribution in [-0.2, 0) is 12.8 Å². The van der Waals surface area contributed by atoms with E-state index in [-0.39, 0.29) is 11.1 Å². The van der Waals surface area contributed by atoms with Gasteiger partial charge in [-0.2, -0.15) is 5.26 Å². The second kappa shape index (κ2) is 4.74. The first-order chi connectivity index (χ1) is 9.28. The lowest BCUT2D eigenvalue weighted by molar-refractivity contribution is 0.686. The second-order valence-corrected chi connectivity index (χ2v) is 4.92. The molecule has 0 spiro atoms. The molecule has 1 aromatic carbocycles. The molecular formula is C16H14N2O. The fourth-order valence-electron chi connectivity index (χ4n) is 2.63. The molecule has 0 fully saturated rings. The molecule has 1 N–H and O–H groups in total. The van der Waals surface area contributed by atoms with Gasteiger partial charge in [-0.1, -0.05) is 12.1 Å². The standard InChI is InChI=1S/C16H14N2O/c17-10-14-7-8-15(18-16(14)19)13-6-5-11-3-1-2-4-12(11)9-13/h5-9H,1-4H2,(H,18,19). The normalized spacial score (nSPS) is 13.6. The van der Waals surface area contributed by atoms with Crippen molar-refractivity contribution in [3.63, 3.8) is 0 Å². The zero-order chi connectivity index (χ0) is 13.2. The molecule has 1 aromatic heterocycles. The molecule has 2 aromatic rings. The van der Waals surface area contributed by atoms with E-state index in [4.69, 9.17) is 5.26 Å². The average Bonchev–Trinajstić information content (AvgIpc) is 2.46. The van der Waals surface area contributed by atoms with Gasteiger partial charge in [0.05, 0.1) is 0 Å². The Labute approximate surface area is 111 Å². The van der Waals surface area contributed by atoms with Crippen molar-refractivity contribution >= 4 is 0 Å². The molecule has 0 saturated heterocycles. The maximum Gasteiger partial charge on any atom is 0.266 e. The number of hydrogen-bond acceptors (Lipinski definition) is 2. The Morgan fingerprint density at radius 2 is 1.84 bits per heavy atom. The molecule has 0 bridgehead atoms. The Bertz CT molecular complexity index is 722. The Balaban J connectivity index is 2.05. The van der Waals surface area contributed by atoms with Gasteiger partial charge in [-0.05, 0) is 60.6 Å². The van der Waals surface area contributed by atoms with Crippen LogP contribution in [0.2, 0.25) is 0 Å². The number of nitriles is 1. The van der Waals surface area contributed by atoms with E-state index < -0.39 is 0 Å². The van der Waals surface area contributed by atoms with Crippen LogP contribution < -0.4 is 5.56 Å². The summed E-state index contributed by atoms with van der Waals surface area (Å²) < 4.78 is 0. The van der Waals surface area contributed by atoms with E-state index in [0.29, 0.717) is 0 Å². The summed E-state index contributed by atoms with van der Waals surface area (Å²) in [4.78, 5) is 14.4. The molecule has 0 unspecified atom stereocenters. The fourth-order valence-corrected chi connectivity index (χ4v) is 2.63. The topological polar surface area (TPSA) is 56.6 Å². The van der Waals surface area contributed by atoms with Crippen molar-refractivity contribution in [1.82, 2.24) is 4.98 Å². The number of aromatic nitrogens is 1. The number of fused-ring (bicyclic) bond motifs is 1. The van der Waals surface area contributed by atoms with Crippen molar-refractivity contribution < 1.29 is 0 Å². The van der Waals surface area contributed by atoms with E-state index in [1.54, 1.807) is 12.1 Å². The van der Waals surface area contributed by atoms with Crippen LogP contribution in [-0.4, -0.2) is 4.98 Å². The van der Waals surface area contributed by atoms with Gasteiger partial charge in [-0.15, -0.1) is 0 Å². The van der Waals surface area contributed by atoms with Crippen molar-refractivity contribution in [2.45, 2.75) is 25.7 Å². The largest absolute Gasteiger partial charge is 0.321 e. The summed E-state index contributed by atoms with van der Waals surface area (Å²) in [5, 5.41) is 8.77. The SMILES string of the molecule is N#Cc1ccc(-c2ccc3c(c2)CCCC3)[nH]c1=O. The van der Waals surface area contributed by atoms with Gasteiger partial charge in [0.2, 0.25) is 0 Å². The lowest BCUT2D eigenvalue weighted by Gasteiger charge is -2.16. The molecule has 0 aliphatic heterocycles. The molecule has 1 heterocycles. The highest BCUT2D eigenvalue weighted by molar-refractivity contribution is 5.61. The number of aromatic amines is 1. The number of rotatable bonds is 1. The second-order valence-electron chi connectivity index (χ2n) is 4.92. The van der Waals surface area contributed by atoms with Crippen LogP contribution in [0.25, 0.3) is 11.3 Å². The molecule has 94 valence electrons. The van der Waals surface area contributed by atoms with E-state index >= 15 is 0 Å². The minimum atomic E-state index is -0.322. The van der Waals surface area contributed by atoms with E-state index in [2.05, 4.69) is 17.1 Å². The molecule has 1 aliphatic rings. The highest BCUT2D eigenvalue weighted by Gasteiger charge is 2.10. The average molecular weight is 250 g/mol. The number of H-pyrrole nitrogens is 1. The van der Waals surface area contributed by atoms with Gasteiger partial charge in [0.25, 0.3) is 5.56 Å². The number of hydrogen-bond donors (Lipinski definition) is 1. The quantitative estimate of drug-likeness (QED) is 0.846. The number of aryl methyl sites for hydroxylation is 2. The van der Waals surface area contributed by atoms with Crippen LogP contribution in [0.4, 0.5) is 0 Å². The number of nitrogens with zero attached hydrogens (tertiary/aromatic N) is 1. The number of benzene rings is 1. The molecule has 0 radical (unpaired) electrons. The Kier molecular flexibility index (Phi) is 2.92. The maximum absolute atomic E-state index is 11.7. The monoisotopic (exact) mass is 250 g/mol. The molecule has 0 amide bonds. The van der Waals surface area contributed by atoms with E-state index in [1.807, 2.05) is 12.1 Å². The van der Waals surface area contributed by atoms with Gasteiger partial charge < -0.3 is 4.98 Å².